The van der Waals surface area contributed by atoms with Crippen molar-refractivity contribution in [3.8, 4) is 0 Å². The van der Waals surface area contributed by atoms with Crippen LogP contribution in [0.1, 0.15) is 17.0 Å². The standard InChI is InChI=1S/C12H12Br/c1-4-9(3)11-7-6-8-12(13)10(11)5-2/h4-9H,1-3H2. The van der Waals surface area contributed by atoms with Crippen LogP contribution in [-0.2, 0) is 0 Å². The Hall–Kier alpha value is -0.820. The van der Waals surface area contributed by atoms with Crippen molar-refractivity contribution in [1.29, 1.82) is 0 Å². The summed E-state index contributed by atoms with van der Waals surface area (Å²) >= 11 is 3.47. The first-order valence-corrected chi connectivity index (χ1v) is 4.86. The van der Waals surface area contributed by atoms with Crippen LogP contribution >= 0.6 is 15.9 Å². The molecule has 1 heteroatoms. The molecule has 1 aromatic carbocycles. The third-order valence-electron chi connectivity index (χ3n) is 1.97. The molecule has 0 bridgehead atoms. The molecule has 0 saturated heterocycles. The van der Waals surface area contributed by atoms with Crippen LogP contribution in [-0.4, -0.2) is 0 Å². The third-order valence-corrected chi connectivity index (χ3v) is 2.67. The maximum atomic E-state index is 3.99. The van der Waals surface area contributed by atoms with Gasteiger partial charge in [0, 0.05) is 10.4 Å². The third kappa shape index (κ3) is 2.10. The van der Waals surface area contributed by atoms with Crippen LogP contribution in [0.3, 0.4) is 0 Å². The Labute approximate surface area is 88.1 Å². The van der Waals surface area contributed by atoms with E-state index in [1.807, 2.05) is 30.4 Å². The molecule has 0 aliphatic heterocycles. The van der Waals surface area contributed by atoms with Crippen LogP contribution in [0.5, 0.6) is 0 Å². The van der Waals surface area contributed by atoms with Gasteiger partial charge in [0.15, 0.2) is 0 Å². The van der Waals surface area contributed by atoms with E-state index in [9.17, 15) is 0 Å². The molecule has 1 unspecified atom stereocenters. The average molecular weight is 236 g/mol. The first-order chi connectivity index (χ1) is 6.20. The van der Waals surface area contributed by atoms with Crippen LogP contribution in [0.25, 0.3) is 6.08 Å². The van der Waals surface area contributed by atoms with Gasteiger partial charge in [-0.2, -0.15) is 0 Å². The van der Waals surface area contributed by atoms with Crippen molar-refractivity contribution in [2.24, 2.45) is 0 Å². The number of benzene rings is 1. The number of hydrogen-bond acceptors (Lipinski definition) is 0. The highest BCUT2D eigenvalue weighted by Gasteiger charge is 2.07. The summed E-state index contributed by atoms with van der Waals surface area (Å²) in [6.07, 6.45) is 3.66. The molecule has 0 spiro atoms. The van der Waals surface area contributed by atoms with Gasteiger partial charge in [0.2, 0.25) is 0 Å². The zero-order chi connectivity index (χ0) is 9.84. The highest BCUT2D eigenvalue weighted by Crippen LogP contribution is 2.27. The van der Waals surface area contributed by atoms with E-state index in [1.165, 1.54) is 0 Å². The van der Waals surface area contributed by atoms with Gasteiger partial charge in [-0.3, -0.25) is 0 Å². The van der Waals surface area contributed by atoms with Gasteiger partial charge in [0.05, 0.1) is 0 Å². The van der Waals surface area contributed by atoms with Gasteiger partial charge in [-0.05, 0) is 24.1 Å². The number of hydrogen-bond donors (Lipinski definition) is 0. The molecule has 1 atom stereocenters. The Morgan fingerprint density at radius 2 is 2.00 bits per heavy atom. The monoisotopic (exact) mass is 235 g/mol. The molecule has 0 aliphatic carbocycles. The zero-order valence-corrected chi connectivity index (χ0v) is 9.05. The highest BCUT2D eigenvalue weighted by molar-refractivity contribution is 9.10. The molecule has 0 amide bonds. The molecule has 0 aromatic heterocycles. The molecule has 0 fully saturated rings. The molecule has 13 heavy (non-hydrogen) atoms. The maximum Gasteiger partial charge on any atom is 0.0250 e. The van der Waals surface area contributed by atoms with Crippen molar-refractivity contribution in [3.63, 3.8) is 0 Å². The lowest BCUT2D eigenvalue weighted by Crippen LogP contribution is -1.93. The van der Waals surface area contributed by atoms with Crippen LogP contribution in [0.15, 0.2) is 41.9 Å². The predicted molar refractivity (Wildman–Crippen MR) is 62.5 cm³/mol. The topological polar surface area (TPSA) is 0 Å². The van der Waals surface area contributed by atoms with E-state index in [1.54, 1.807) is 0 Å². The molecule has 0 nitrogen and oxygen atoms in total. The van der Waals surface area contributed by atoms with Gasteiger partial charge in [-0.25, -0.2) is 0 Å². The van der Waals surface area contributed by atoms with Crippen molar-refractivity contribution in [2.75, 3.05) is 0 Å². The molecule has 0 aliphatic rings. The predicted octanol–water partition coefficient (Wildman–Crippen LogP) is 4.20. The summed E-state index contributed by atoms with van der Waals surface area (Å²) in [7, 11) is 0. The van der Waals surface area contributed by atoms with E-state index in [0.29, 0.717) is 0 Å². The molecule has 67 valence electrons. The van der Waals surface area contributed by atoms with Crippen LogP contribution < -0.4 is 0 Å². The second-order valence-electron chi connectivity index (χ2n) is 2.79. The van der Waals surface area contributed by atoms with Crippen LogP contribution in [0.4, 0.5) is 0 Å². The van der Waals surface area contributed by atoms with E-state index >= 15 is 0 Å². The minimum atomic E-state index is 0.116. The Morgan fingerprint density at radius 3 is 2.54 bits per heavy atom. The Kier molecular flexibility index (Phi) is 3.49. The zero-order valence-electron chi connectivity index (χ0n) is 7.46. The quantitative estimate of drug-likeness (QED) is 0.690. The molecule has 1 aromatic rings. The van der Waals surface area contributed by atoms with Crippen molar-refractivity contribution in [3.05, 3.63) is 60.0 Å². The van der Waals surface area contributed by atoms with Gasteiger partial charge in [-0.15, -0.1) is 6.58 Å². The fourth-order valence-electron chi connectivity index (χ4n) is 1.22. The summed E-state index contributed by atoms with van der Waals surface area (Å²) < 4.78 is 1.05. The minimum Gasteiger partial charge on any atom is -0.102 e. The normalized spacial score (nSPS) is 12.2. The number of allylic oxidation sites excluding steroid dienone is 1. The molecule has 0 N–H and O–H groups in total. The summed E-state index contributed by atoms with van der Waals surface area (Å²) in [5.74, 6) is 0.116. The second kappa shape index (κ2) is 4.43. The van der Waals surface area contributed by atoms with Gasteiger partial charge >= 0.3 is 0 Å². The van der Waals surface area contributed by atoms with Gasteiger partial charge in [0.1, 0.15) is 0 Å². The number of halogens is 1. The molecule has 0 saturated carbocycles. The molecule has 0 heterocycles. The average Bonchev–Trinajstić information content (AvgIpc) is 2.16. The second-order valence-corrected chi connectivity index (χ2v) is 3.64. The van der Waals surface area contributed by atoms with Crippen molar-refractivity contribution >= 4 is 22.0 Å². The Morgan fingerprint density at radius 1 is 1.31 bits per heavy atom. The van der Waals surface area contributed by atoms with Crippen molar-refractivity contribution in [2.45, 2.75) is 5.92 Å². The van der Waals surface area contributed by atoms with E-state index in [0.717, 1.165) is 15.6 Å². The molecular formula is C12H12Br. The van der Waals surface area contributed by atoms with Crippen molar-refractivity contribution < 1.29 is 0 Å². The van der Waals surface area contributed by atoms with Gasteiger partial charge in [-0.1, -0.05) is 46.8 Å². The first kappa shape index (κ1) is 10.3. The lowest BCUT2D eigenvalue weighted by molar-refractivity contribution is 1.08. The fraction of sp³-hybridized carbons (Fsp3) is 0.0833. The maximum absolute atomic E-state index is 3.99. The minimum absolute atomic E-state index is 0.116. The smallest absolute Gasteiger partial charge is 0.0250 e. The van der Waals surface area contributed by atoms with E-state index in [2.05, 4.69) is 36.0 Å². The molecule has 1 radical (unpaired) electrons. The van der Waals surface area contributed by atoms with E-state index < -0.39 is 0 Å². The summed E-state index contributed by atoms with van der Waals surface area (Å²) in [5, 5.41) is 0. The van der Waals surface area contributed by atoms with Gasteiger partial charge < -0.3 is 0 Å². The number of rotatable bonds is 3. The summed E-state index contributed by atoms with van der Waals surface area (Å²) in [6, 6.07) is 6.03. The summed E-state index contributed by atoms with van der Waals surface area (Å²) in [5.41, 5.74) is 2.25. The van der Waals surface area contributed by atoms with E-state index in [-0.39, 0.29) is 5.92 Å². The fourth-order valence-corrected chi connectivity index (χ4v) is 1.76. The van der Waals surface area contributed by atoms with Crippen LogP contribution in [0.2, 0.25) is 0 Å². The van der Waals surface area contributed by atoms with E-state index in [4.69, 9.17) is 0 Å². The summed E-state index contributed by atoms with van der Waals surface area (Å²) in [4.78, 5) is 0. The summed E-state index contributed by atoms with van der Waals surface area (Å²) in [6.45, 7) is 11.5. The first-order valence-electron chi connectivity index (χ1n) is 4.07. The van der Waals surface area contributed by atoms with Crippen LogP contribution in [0, 0.1) is 6.92 Å². The Balaban J connectivity index is 3.27. The van der Waals surface area contributed by atoms with Gasteiger partial charge in [0.25, 0.3) is 0 Å². The lowest BCUT2D eigenvalue weighted by atomic mass is 9.96. The lowest BCUT2D eigenvalue weighted by Gasteiger charge is -2.11. The van der Waals surface area contributed by atoms with Crippen molar-refractivity contribution in [1.82, 2.24) is 0 Å². The highest BCUT2D eigenvalue weighted by atomic mass is 79.9. The Bertz CT molecular complexity index is 326. The molecule has 1 rings (SSSR count). The largest absolute Gasteiger partial charge is 0.102 e. The molecular weight excluding hydrogens is 224 g/mol. The SMILES string of the molecule is [CH2]C(C=C)c1cccc(Br)c1C=C.